The van der Waals surface area contributed by atoms with E-state index in [9.17, 15) is 4.79 Å². The van der Waals surface area contributed by atoms with E-state index in [0.29, 0.717) is 0 Å². The number of hydrogen-bond acceptors (Lipinski definition) is 2. The molecule has 0 radical (unpaired) electrons. The fourth-order valence-electron chi connectivity index (χ4n) is 2.50. The fraction of sp³-hybridized carbons (Fsp3) is 0.938. The third kappa shape index (κ3) is 13.9. The Labute approximate surface area is 126 Å². The smallest absolute Gasteiger partial charge is 0.490 e. The Morgan fingerprint density at radius 3 is 1.65 bits per heavy atom. The summed E-state index contributed by atoms with van der Waals surface area (Å²) in [6.45, 7) is 6.22. The molecule has 0 bridgehead atoms. The first-order valence-corrected chi connectivity index (χ1v) is 11.5. The van der Waals surface area contributed by atoms with Crippen LogP contribution >= 0.6 is 0 Å². The van der Waals surface area contributed by atoms with Crippen LogP contribution in [-0.2, 0) is 4.43 Å². The molecule has 4 heteroatoms. The molecule has 20 heavy (non-hydrogen) atoms. The molecule has 1 N–H and O–H groups in total. The Kier molecular flexibility index (Phi) is 11.9. The van der Waals surface area contributed by atoms with Crippen molar-refractivity contribution in [2.24, 2.45) is 0 Å². The van der Waals surface area contributed by atoms with Crippen LogP contribution in [0.2, 0.25) is 19.1 Å². The summed E-state index contributed by atoms with van der Waals surface area (Å²) < 4.78 is 4.99. The third-order valence-corrected chi connectivity index (χ3v) is 6.03. The minimum atomic E-state index is -1.96. The van der Waals surface area contributed by atoms with Crippen LogP contribution in [0.4, 0.5) is 4.79 Å². The van der Waals surface area contributed by atoms with Crippen molar-refractivity contribution >= 4 is 14.5 Å². The highest BCUT2D eigenvalue weighted by Gasteiger charge is 2.25. The summed E-state index contributed by atoms with van der Waals surface area (Å²) in [7, 11) is -1.96. The van der Waals surface area contributed by atoms with Crippen molar-refractivity contribution in [3.8, 4) is 0 Å². The second-order valence-electron chi connectivity index (χ2n) is 6.41. The predicted octanol–water partition coefficient (Wildman–Crippen LogP) is 6.20. The monoisotopic (exact) mass is 302 g/mol. The van der Waals surface area contributed by atoms with Gasteiger partial charge in [0.15, 0.2) is 0 Å². The van der Waals surface area contributed by atoms with Gasteiger partial charge in [0.05, 0.1) is 0 Å². The Bertz CT molecular complexity index is 242. The van der Waals surface area contributed by atoms with Crippen LogP contribution < -0.4 is 0 Å². The summed E-state index contributed by atoms with van der Waals surface area (Å²) in [6.07, 6.45) is 13.5. The number of carbonyl (C=O) groups is 1. The second-order valence-corrected chi connectivity index (χ2v) is 10.6. The zero-order valence-electron chi connectivity index (χ0n) is 13.7. The van der Waals surface area contributed by atoms with Gasteiger partial charge in [0.25, 0.3) is 8.32 Å². The molecule has 0 atom stereocenters. The van der Waals surface area contributed by atoms with Gasteiger partial charge in [-0.15, -0.1) is 0 Å². The molecule has 0 spiro atoms. The van der Waals surface area contributed by atoms with Crippen LogP contribution in [0.3, 0.4) is 0 Å². The first-order chi connectivity index (χ1) is 9.48. The molecule has 0 aromatic heterocycles. The molecule has 0 aliphatic carbocycles. The van der Waals surface area contributed by atoms with Crippen molar-refractivity contribution in [1.82, 2.24) is 0 Å². The summed E-state index contributed by atoms with van der Waals surface area (Å²) in [5, 5.41) is 8.64. The van der Waals surface area contributed by atoms with Crippen molar-refractivity contribution in [2.75, 3.05) is 0 Å². The lowest BCUT2D eigenvalue weighted by atomic mass is 10.1. The Morgan fingerprint density at radius 1 is 0.850 bits per heavy atom. The van der Waals surface area contributed by atoms with Gasteiger partial charge in [0, 0.05) is 0 Å². The van der Waals surface area contributed by atoms with Crippen LogP contribution in [-0.4, -0.2) is 19.6 Å². The van der Waals surface area contributed by atoms with Gasteiger partial charge in [-0.05, 0) is 19.1 Å². The molecule has 0 aromatic carbocycles. The highest BCUT2D eigenvalue weighted by Crippen LogP contribution is 2.18. The molecule has 0 unspecified atom stereocenters. The molecular weight excluding hydrogens is 268 g/mol. The standard InChI is InChI=1S/C16H34O3Si/c1-4-5-6-7-8-9-10-11-12-13-14-15-20(2,3)19-16(17)18/h4-15H2,1-3H3,(H,17,18). The van der Waals surface area contributed by atoms with Gasteiger partial charge in [-0.3, -0.25) is 0 Å². The highest BCUT2D eigenvalue weighted by atomic mass is 28.4. The van der Waals surface area contributed by atoms with Crippen LogP contribution in [0.1, 0.15) is 77.6 Å². The van der Waals surface area contributed by atoms with Crippen LogP contribution in [0.5, 0.6) is 0 Å². The van der Waals surface area contributed by atoms with Crippen molar-refractivity contribution in [2.45, 2.75) is 96.7 Å². The Balaban J connectivity index is 3.26. The summed E-state index contributed by atoms with van der Waals surface area (Å²) in [6, 6.07) is 0.955. The summed E-state index contributed by atoms with van der Waals surface area (Å²) in [5.41, 5.74) is 0. The lowest BCUT2D eigenvalue weighted by Crippen LogP contribution is -2.32. The van der Waals surface area contributed by atoms with E-state index in [1.807, 2.05) is 13.1 Å². The first-order valence-electron chi connectivity index (χ1n) is 8.40. The minimum absolute atomic E-state index is 0.955. The van der Waals surface area contributed by atoms with E-state index in [4.69, 9.17) is 9.53 Å². The first kappa shape index (κ1) is 19.5. The molecule has 0 saturated heterocycles. The van der Waals surface area contributed by atoms with Crippen LogP contribution in [0.25, 0.3) is 0 Å². The number of carboxylic acid groups (broad SMARTS) is 1. The van der Waals surface area contributed by atoms with E-state index in [0.717, 1.165) is 12.5 Å². The maximum atomic E-state index is 10.5. The fourth-order valence-corrected chi connectivity index (χ4v) is 4.18. The zero-order chi connectivity index (χ0) is 15.3. The molecular formula is C16H34O3Si. The molecule has 0 aromatic rings. The summed E-state index contributed by atoms with van der Waals surface area (Å²) in [4.78, 5) is 10.5. The lowest BCUT2D eigenvalue weighted by Gasteiger charge is -2.20. The molecule has 0 fully saturated rings. The summed E-state index contributed by atoms with van der Waals surface area (Å²) >= 11 is 0. The number of rotatable bonds is 13. The molecule has 0 amide bonds. The average Bonchev–Trinajstić information content (AvgIpc) is 2.34. The van der Waals surface area contributed by atoms with E-state index < -0.39 is 14.5 Å². The molecule has 3 nitrogen and oxygen atoms in total. The maximum absolute atomic E-state index is 10.5. The predicted molar refractivity (Wildman–Crippen MR) is 87.9 cm³/mol. The molecule has 0 heterocycles. The SMILES string of the molecule is CCCCCCCCCCCCC[Si](C)(C)OC(=O)O. The quantitative estimate of drug-likeness (QED) is 0.325. The average molecular weight is 303 g/mol. The molecule has 0 saturated carbocycles. The van der Waals surface area contributed by atoms with Gasteiger partial charge in [0.2, 0.25) is 0 Å². The molecule has 0 aliphatic rings. The highest BCUT2D eigenvalue weighted by molar-refractivity contribution is 6.72. The van der Waals surface area contributed by atoms with Gasteiger partial charge < -0.3 is 9.53 Å². The van der Waals surface area contributed by atoms with Crippen LogP contribution in [0.15, 0.2) is 0 Å². The van der Waals surface area contributed by atoms with Crippen molar-refractivity contribution < 1.29 is 14.3 Å². The van der Waals surface area contributed by atoms with Gasteiger partial charge in [-0.25, -0.2) is 4.79 Å². The number of hydrogen-bond donors (Lipinski definition) is 1. The van der Waals surface area contributed by atoms with Gasteiger partial charge in [0.1, 0.15) is 0 Å². The minimum Gasteiger partial charge on any atom is -0.490 e. The van der Waals surface area contributed by atoms with E-state index in [-0.39, 0.29) is 0 Å². The van der Waals surface area contributed by atoms with Gasteiger partial charge in [-0.1, -0.05) is 77.6 Å². The van der Waals surface area contributed by atoms with E-state index in [1.54, 1.807) is 0 Å². The van der Waals surface area contributed by atoms with E-state index in [2.05, 4.69) is 6.92 Å². The Morgan fingerprint density at radius 2 is 1.25 bits per heavy atom. The van der Waals surface area contributed by atoms with Crippen molar-refractivity contribution in [1.29, 1.82) is 0 Å². The summed E-state index contributed by atoms with van der Waals surface area (Å²) in [5.74, 6) is 0. The zero-order valence-corrected chi connectivity index (χ0v) is 14.7. The maximum Gasteiger partial charge on any atom is 0.491 e. The van der Waals surface area contributed by atoms with Crippen LogP contribution in [0, 0.1) is 0 Å². The second kappa shape index (κ2) is 12.2. The normalized spacial score (nSPS) is 11.6. The van der Waals surface area contributed by atoms with Gasteiger partial charge >= 0.3 is 6.16 Å². The number of unbranched alkanes of at least 4 members (excludes halogenated alkanes) is 10. The molecule has 0 aliphatic heterocycles. The van der Waals surface area contributed by atoms with Crippen molar-refractivity contribution in [3.05, 3.63) is 0 Å². The molecule has 120 valence electrons. The van der Waals surface area contributed by atoms with Gasteiger partial charge in [-0.2, -0.15) is 0 Å². The third-order valence-electron chi connectivity index (χ3n) is 3.75. The van der Waals surface area contributed by atoms with E-state index >= 15 is 0 Å². The van der Waals surface area contributed by atoms with E-state index in [1.165, 1.54) is 64.2 Å². The topological polar surface area (TPSA) is 46.5 Å². The Hall–Kier alpha value is -0.513. The lowest BCUT2D eigenvalue weighted by molar-refractivity contribution is 0.141. The largest absolute Gasteiger partial charge is 0.491 e. The van der Waals surface area contributed by atoms with Crippen molar-refractivity contribution in [3.63, 3.8) is 0 Å². The molecule has 0 rings (SSSR count).